The summed E-state index contributed by atoms with van der Waals surface area (Å²) in [5, 5.41) is 10.8. The molecule has 0 fully saturated rings. The first-order valence-electron chi connectivity index (χ1n) is 9.24. The Morgan fingerprint density at radius 2 is 1.77 bits per heavy atom. The lowest BCUT2D eigenvalue weighted by molar-refractivity contribution is 0.0943. The van der Waals surface area contributed by atoms with Gasteiger partial charge in [-0.1, -0.05) is 35.5 Å². The van der Waals surface area contributed by atoms with Crippen LogP contribution in [-0.4, -0.2) is 27.4 Å². The van der Waals surface area contributed by atoms with Crippen molar-refractivity contribution in [3.8, 4) is 22.6 Å². The zero-order chi connectivity index (χ0) is 20.9. The van der Waals surface area contributed by atoms with Crippen molar-refractivity contribution < 1.29 is 13.7 Å². The van der Waals surface area contributed by atoms with Crippen LogP contribution in [-0.2, 0) is 6.54 Å². The molecule has 2 aromatic carbocycles. The first kappa shape index (κ1) is 19.3. The van der Waals surface area contributed by atoms with E-state index in [1.165, 1.54) is 22.9 Å². The Hall–Kier alpha value is -4.07. The molecule has 0 spiro atoms. The number of amides is 1. The Morgan fingerprint density at radius 3 is 2.53 bits per heavy atom. The fourth-order valence-corrected chi connectivity index (χ4v) is 2.87. The maximum atomic E-state index is 13.1. The third-order valence-electron chi connectivity index (χ3n) is 4.42. The van der Waals surface area contributed by atoms with E-state index in [9.17, 15) is 14.0 Å². The van der Waals surface area contributed by atoms with E-state index < -0.39 is 5.91 Å². The molecule has 0 aliphatic carbocycles. The number of hydrogen-bond acceptors (Lipinski definition) is 5. The van der Waals surface area contributed by atoms with Crippen molar-refractivity contribution in [1.82, 2.24) is 20.3 Å². The van der Waals surface area contributed by atoms with E-state index in [1.54, 1.807) is 24.3 Å². The highest BCUT2D eigenvalue weighted by Gasteiger charge is 2.13. The number of benzene rings is 2. The van der Waals surface area contributed by atoms with Crippen LogP contribution in [0.15, 0.2) is 82.1 Å². The van der Waals surface area contributed by atoms with Gasteiger partial charge in [-0.2, -0.15) is 5.10 Å². The molecule has 30 heavy (non-hydrogen) atoms. The number of rotatable bonds is 6. The SMILES string of the molecule is O=C(NCCn1nc(-c2ccc(F)cc2)ccc1=O)c1cc(-c2ccccc2)on1. The second-order valence-corrected chi connectivity index (χ2v) is 6.49. The zero-order valence-corrected chi connectivity index (χ0v) is 15.8. The molecule has 1 amide bonds. The Balaban J connectivity index is 1.40. The van der Waals surface area contributed by atoms with E-state index in [4.69, 9.17) is 4.52 Å². The van der Waals surface area contributed by atoms with Gasteiger partial charge in [0.15, 0.2) is 11.5 Å². The molecule has 0 saturated carbocycles. The molecule has 150 valence electrons. The number of nitrogens with one attached hydrogen (secondary N) is 1. The summed E-state index contributed by atoms with van der Waals surface area (Å²) in [6.45, 7) is 0.342. The highest BCUT2D eigenvalue weighted by atomic mass is 19.1. The second kappa shape index (κ2) is 8.52. The number of aromatic nitrogens is 3. The molecule has 0 aliphatic heterocycles. The molecule has 4 rings (SSSR count). The van der Waals surface area contributed by atoms with Gasteiger partial charge >= 0.3 is 0 Å². The van der Waals surface area contributed by atoms with Crippen molar-refractivity contribution >= 4 is 5.91 Å². The van der Waals surface area contributed by atoms with Crippen molar-refractivity contribution in [3.05, 3.63) is 94.7 Å². The summed E-state index contributed by atoms with van der Waals surface area (Å²) >= 11 is 0. The summed E-state index contributed by atoms with van der Waals surface area (Å²) in [4.78, 5) is 24.4. The third-order valence-corrected chi connectivity index (χ3v) is 4.42. The fourth-order valence-electron chi connectivity index (χ4n) is 2.87. The molecular weight excluding hydrogens is 387 g/mol. The predicted octanol–water partition coefficient (Wildman–Crippen LogP) is 3.13. The maximum absolute atomic E-state index is 13.1. The van der Waals surface area contributed by atoms with Crippen molar-refractivity contribution in [3.63, 3.8) is 0 Å². The van der Waals surface area contributed by atoms with Crippen LogP contribution >= 0.6 is 0 Å². The van der Waals surface area contributed by atoms with Crippen LogP contribution in [0.1, 0.15) is 10.5 Å². The van der Waals surface area contributed by atoms with Crippen molar-refractivity contribution in [2.75, 3.05) is 6.54 Å². The number of halogens is 1. The normalized spacial score (nSPS) is 10.7. The standard InChI is InChI=1S/C22H17FN4O3/c23-17-8-6-15(7-9-17)18-10-11-21(28)27(25-18)13-12-24-22(29)19-14-20(30-26-19)16-4-2-1-3-5-16/h1-11,14H,12-13H2,(H,24,29). The molecule has 0 saturated heterocycles. The Labute approximate surface area is 170 Å². The van der Waals surface area contributed by atoms with Gasteiger partial charge in [-0.25, -0.2) is 9.07 Å². The highest BCUT2D eigenvalue weighted by molar-refractivity contribution is 5.93. The van der Waals surface area contributed by atoms with Gasteiger partial charge in [0.2, 0.25) is 0 Å². The van der Waals surface area contributed by atoms with Crippen molar-refractivity contribution in [2.45, 2.75) is 6.54 Å². The molecule has 0 bridgehead atoms. The topological polar surface area (TPSA) is 90.0 Å². The molecular formula is C22H17FN4O3. The van der Waals surface area contributed by atoms with Crippen LogP contribution in [0, 0.1) is 5.82 Å². The monoisotopic (exact) mass is 404 g/mol. The first-order chi connectivity index (χ1) is 14.6. The smallest absolute Gasteiger partial charge is 0.273 e. The molecule has 0 unspecified atom stereocenters. The molecule has 0 radical (unpaired) electrons. The minimum Gasteiger partial charge on any atom is -0.355 e. The Morgan fingerprint density at radius 1 is 1.00 bits per heavy atom. The minimum absolute atomic E-state index is 0.147. The van der Waals surface area contributed by atoms with Gasteiger partial charge < -0.3 is 9.84 Å². The molecule has 8 heteroatoms. The molecule has 7 nitrogen and oxygen atoms in total. The van der Waals surface area contributed by atoms with E-state index in [1.807, 2.05) is 30.3 Å². The van der Waals surface area contributed by atoms with E-state index in [-0.39, 0.29) is 30.2 Å². The third kappa shape index (κ3) is 4.33. The highest BCUT2D eigenvalue weighted by Crippen LogP contribution is 2.19. The second-order valence-electron chi connectivity index (χ2n) is 6.49. The van der Waals surface area contributed by atoms with Crippen molar-refractivity contribution in [2.24, 2.45) is 0 Å². The fraction of sp³-hybridized carbons (Fsp3) is 0.0909. The number of carbonyl (C=O) groups excluding carboxylic acids is 1. The molecule has 2 heterocycles. The average Bonchev–Trinajstić information content (AvgIpc) is 3.27. The number of carbonyl (C=O) groups is 1. The lowest BCUT2D eigenvalue weighted by Gasteiger charge is -2.08. The lowest BCUT2D eigenvalue weighted by Crippen LogP contribution is -2.32. The Kier molecular flexibility index (Phi) is 5.47. The van der Waals surface area contributed by atoms with Crippen LogP contribution < -0.4 is 10.9 Å². The van der Waals surface area contributed by atoms with Crippen LogP contribution in [0.5, 0.6) is 0 Å². The van der Waals surface area contributed by atoms with Gasteiger partial charge in [0.05, 0.1) is 12.2 Å². The van der Waals surface area contributed by atoms with E-state index in [0.717, 1.165) is 5.56 Å². The summed E-state index contributed by atoms with van der Waals surface area (Å²) in [7, 11) is 0. The van der Waals surface area contributed by atoms with Gasteiger partial charge in [-0.3, -0.25) is 9.59 Å². The average molecular weight is 404 g/mol. The van der Waals surface area contributed by atoms with Gasteiger partial charge in [0.25, 0.3) is 11.5 Å². The van der Waals surface area contributed by atoms with Gasteiger partial charge in [0, 0.05) is 29.8 Å². The summed E-state index contributed by atoms with van der Waals surface area (Å²) in [6.07, 6.45) is 0. The number of hydrogen-bond donors (Lipinski definition) is 1. The van der Waals surface area contributed by atoms with E-state index >= 15 is 0 Å². The van der Waals surface area contributed by atoms with Crippen LogP contribution in [0.3, 0.4) is 0 Å². The van der Waals surface area contributed by atoms with E-state index in [2.05, 4.69) is 15.6 Å². The van der Waals surface area contributed by atoms with Gasteiger partial charge in [-0.05, 0) is 30.3 Å². The molecule has 0 atom stereocenters. The molecule has 2 aromatic heterocycles. The largest absolute Gasteiger partial charge is 0.355 e. The number of nitrogens with zero attached hydrogens (tertiary/aromatic N) is 3. The van der Waals surface area contributed by atoms with Crippen LogP contribution in [0.25, 0.3) is 22.6 Å². The molecule has 4 aromatic rings. The zero-order valence-electron chi connectivity index (χ0n) is 15.8. The minimum atomic E-state index is -0.413. The Bertz CT molecular complexity index is 1220. The summed E-state index contributed by atoms with van der Waals surface area (Å²) < 4.78 is 19.6. The van der Waals surface area contributed by atoms with Crippen molar-refractivity contribution in [1.29, 1.82) is 0 Å². The maximum Gasteiger partial charge on any atom is 0.273 e. The van der Waals surface area contributed by atoms with Crippen LogP contribution in [0.4, 0.5) is 4.39 Å². The van der Waals surface area contributed by atoms with Gasteiger partial charge in [-0.15, -0.1) is 0 Å². The van der Waals surface area contributed by atoms with Gasteiger partial charge in [0.1, 0.15) is 5.82 Å². The first-order valence-corrected chi connectivity index (χ1v) is 9.24. The quantitative estimate of drug-likeness (QED) is 0.533. The van der Waals surface area contributed by atoms with Crippen LogP contribution in [0.2, 0.25) is 0 Å². The summed E-state index contributed by atoms with van der Waals surface area (Å²) in [5.74, 6) is -0.271. The molecule has 0 aliphatic rings. The molecule has 1 N–H and O–H groups in total. The van der Waals surface area contributed by atoms with E-state index in [0.29, 0.717) is 17.0 Å². The summed E-state index contributed by atoms with van der Waals surface area (Å²) in [6, 6.07) is 19.7. The predicted molar refractivity (Wildman–Crippen MR) is 108 cm³/mol. The lowest BCUT2D eigenvalue weighted by atomic mass is 10.1. The summed E-state index contributed by atoms with van der Waals surface area (Å²) in [5.41, 5.74) is 1.88.